The molecule has 0 fully saturated rings. The van der Waals surface area contributed by atoms with Crippen molar-refractivity contribution in [2.24, 2.45) is 4.99 Å². The van der Waals surface area contributed by atoms with Crippen LogP contribution in [0, 0.1) is 34.0 Å². The van der Waals surface area contributed by atoms with Crippen molar-refractivity contribution in [1.82, 2.24) is 5.32 Å². The van der Waals surface area contributed by atoms with Gasteiger partial charge in [-0.25, -0.2) is 0 Å². The molecule has 1 aromatic carbocycles. The molecular weight excluding hydrogens is 252 g/mol. The van der Waals surface area contributed by atoms with Gasteiger partial charge in [0, 0.05) is 17.8 Å². The Balaban J connectivity index is 2.29. The van der Waals surface area contributed by atoms with E-state index in [4.69, 9.17) is 15.8 Å². The smallest absolute Gasteiger partial charge is 0.163 e. The van der Waals surface area contributed by atoms with Crippen molar-refractivity contribution >= 4 is 11.5 Å². The number of benzene rings is 1. The van der Waals surface area contributed by atoms with Gasteiger partial charge in [-0.2, -0.15) is 15.8 Å². The molecule has 0 amide bonds. The number of hydrogen-bond acceptors (Lipinski definition) is 6. The number of amidine groups is 1. The molecule has 96 valence electrons. The molecule has 1 aromatic rings. The number of allylic oxidation sites excluding steroid dienone is 2. The molecule has 0 radical (unpaired) electrons. The Bertz CT molecular complexity index is 692. The average molecular weight is 262 g/mol. The summed E-state index contributed by atoms with van der Waals surface area (Å²) in [4.78, 5) is 4.31. The Morgan fingerprint density at radius 2 is 2.00 bits per heavy atom. The fraction of sp³-hybridized carbons (Fsp3) is 0.143. The average Bonchev–Trinajstić information content (AvgIpc) is 3.02. The van der Waals surface area contributed by atoms with Crippen LogP contribution in [-0.2, 0) is 0 Å². The Kier molecular flexibility index (Phi) is 3.97. The van der Waals surface area contributed by atoms with E-state index in [0.29, 0.717) is 5.69 Å². The third-order valence-corrected chi connectivity index (χ3v) is 2.66. The molecule has 0 aliphatic carbocycles. The zero-order valence-corrected chi connectivity index (χ0v) is 10.5. The fourth-order valence-electron chi connectivity index (χ4n) is 1.76. The monoisotopic (exact) mass is 262 g/mol. The summed E-state index contributed by atoms with van der Waals surface area (Å²) < 4.78 is 0. The Labute approximate surface area is 116 Å². The van der Waals surface area contributed by atoms with Gasteiger partial charge < -0.3 is 10.6 Å². The Morgan fingerprint density at radius 1 is 1.20 bits per heavy atom. The van der Waals surface area contributed by atoms with Crippen LogP contribution in [0.5, 0.6) is 0 Å². The summed E-state index contributed by atoms with van der Waals surface area (Å²) in [6.07, 6.45) is 0. The minimum atomic E-state index is -0.241. The molecule has 0 saturated heterocycles. The lowest BCUT2D eigenvalue weighted by Crippen LogP contribution is -2.19. The number of nitriles is 3. The van der Waals surface area contributed by atoms with Gasteiger partial charge in [0.1, 0.15) is 29.7 Å². The van der Waals surface area contributed by atoms with E-state index in [-0.39, 0.29) is 11.3 Å². The molecule has 6 heteroatoms. The predicted molar refractivity (Wildman–Crippen MR) is 73.3 cm³/mol. The molecule has 0 bridgehead atoms. The molecule has 20 heavy (non-hydrogen) atoms. The molecule has 0 atom stereocenters. The molecular formula is C14H10N6. The van der Waals surface area contributed by atoms with Crippen LogP contribution >= 0.6 is 0 Å². The molecule has 0 aromatic heterocycles. The molecule has 6 nitrogen and oxygen atoms in total. The molecule has 0 unspecified atom stereocenters. The van der Waals surface area contributed by atoms with Crippen LogP contribution in [0.1, 0.15) is 5.56 Å². The van der Waals surface area contributed by atoms with Gasteiger partial charge >= 0.3 is 0 Å². The molecule has 0 saturated carbocycles. The van der Waals surface area contributed by atoms with Gasteiger partial charge in [0.15, 0.2) is 5.57 Å². The lowest BCUT2D eigenvalue weighted by Gasteiger charge is -2.07. The van der Waals surface area contributed by atoms with Crippen LogP contribution in [0.15, 0.2) is 40.5 Å². The van der Waals surface area contributed by atoms with E-state index in [1.165, 1.54) is 0 Å². The Morgan fingerprint density at radius 3 is 2.60 bits per heavy atom. The highest BCUT2D eigenvalue weighted by molar-refractivity contribution is 6.00. The summed E-state index contributed by atoms with van der Waals surface area (Å²) in [6.45, 7) is 1.55. The topological polar surface area (TPSA) is 108 Å². The molecule has 1 aliphatic heterocycles. The summed E-state index contributed by atoms with van der Waals surface area (Å²) >= 11 is 0. The van der Waals surface area contributed by atoms with E-state index in [2.05, 4.69) is 15.6 Å². The van der Waals surface area contributed by atoms with Crippen LogP contribution in [0.25, 0.3) is 0 Å². The van der Waals surface area contributed by atoms with Gasteiger partial charge in [0.05, 0.1) is 6.54 Å². The van der Waals surface area contributed by atoms with E-state index in [0.717, 1.165) is 24.5 Å². The van der Waals surface area contributed by atoms with E-state index in [1.807, 2.05) is 18.2 Å². The number of nitrogens with zero attached hydrogens (tertiary/aromatic N) is 4. The second-order valence-corrected chi connectivity index (χ2v) is 3.95. The van der Waals surface area contributed by atoms with Gasteiger partial charge in [-0.05, 0) is 12.1 Å². The number of hydrogen-bond donors (Lipinski definition) is 2. The first kappa shape index (κ1) is 13.1. The summed E-state index contributed by atoms with van der Waals surface area (Å²) in [5.41, 5.74) is 1.21. The second-order valence-electron chi connectivity index (χ2n) is 3.95. The van der Waals surface area contributed by atoms with E-state index in [9.17, 15) is 0 Å². The number of nitrogens with one attached hydrogen (secondary N) is 2. The lowest BCUT2D eigenvalue weighted by molar-refractivity contribution is 0.960. The van der Waals surface area contributed by atoms with Crippen molar-refractivity contribution in [3.63, 3.8) is 0 Å². The van der Waals surface area contributed by atoms with Crippen molar-refractivity contribution in [3.05, 3.63) is 41.1 Å². The number of aliphatic imine (C=N–C) groups is 1. The van der Waals surface area contributed by atoms with Crippen molar-refractivity contribution in [3.8, 4) is 18.2 Å². The highest BCUT2D eigenvalue weighted by atomic mass is 15.1. The summed E-state index contributed by atoms with van der Waals surface area (Å²) in [7, 11) is 0. The van der Waals surface area contributed by atoms with Gasteiger partial charge in [-0.3, -0.25) is 4.99 Å². The lowest BCUT2D eigenvalue weighted by atomic mass is 10.1. The zero-order chi connectivity index (χ0) is 14.4. The van der Waals surface area contributed by atoms with E-state index >= 15 is 0 Å². The first-order valence-electron chi connectivity index (χ1n) is 5.89. The third kappa shape index (κ3) is 2.75. The van der Waals surface area contributed by atoms with Gasteiger partial charge in [0.2, 0.25) is 0 Å². The third-order valence-electron chi connectivity index (χ3n) is 2.66. The maximum Gasteiger partial charge on any atom is 0.163 e. The first-order valence-corrected chi connectivity index (χ1v) is 5.89. The molecule has 0 spiro atoms. The van der Waals surface area contributed by atoms with Crippen LogP contribution in [0.2, 0.25) is 0 Å². The largest absolute Gasteiger partial charge is 0.368 e. The van der Waals surface area contributed by atoms with Crippen LogP contribution in [0.4, 0.5) is 5.69 Å². The van der Waals surface area contributed by atoms with Crippen LogP contribution < -0.4 is 10.6 Å². The highest BCUT2D eigenvalue weighted by Crippen LogP contribution is 2.15. The number of anilines is 1. The molecule has 2 rings (SSSR count). The van der Waals surface area contributed by atoms with Gasteiger partial charge in [-0.1, -0.05) is 12.1 Å². The van der Waals surface area contributed by atoms with Gasteiger partial charge in [-0.15, -0.1) is 0 Å². The minimum absolute atomic E-state index is 0.0616. The summed E-state index contributed by atoms with van der Waals surface area (Å²) in [5.74, 6) is 0.803. The van der Waals surface area contributed by atoms with E-state index < -0.39 is 0 Å². The summed E-state index contributed by atoms with van der Waals surface area (Å²) in [6, 6.07) is 12.5. The maximum atomic E-state index is 8.99. The van der Waals surface area contributed by atoms with E-state index in [1.54, 1.807) is 24.3 Å². The highest BCUT2D eigenvalue weighted by Gasteiger charge is 2.10. The Hall–Kier alpha value is -3.30. The second kappa shape index (κ2) is 6.04. The van der Waals surface area contributed by atoms with Crippen molar-refractivity contribution < 1.29 is 0 Å². The molecule has 1 heterocycles. The normalized spacial score (nSPS) is 12.2. The molecule has 1 aliphatic rings. The van der Waals surface area contributed by atoms with Crippen LogP contribution in [-0.4, -0.2) is 18.9 Å². The standard InChI is InChI=1S/C14H10N6/c15-7-11(8-16)13(9-17)20-12-3-1-2-10(6-12)14-18-4-5-19-14/h1-3,6,20H,4-5H2,(H,18,19). The number of rotatable bonds is 3. The predicted octanol–water partition coefficient (Wildman–Crippen LogP) is 1.27. The van der Waals surface area contributed by atoms with Crippen LogP contribution in [0.3, 0.4) is 0 Å². The molecule has 2 N–H and O–H groups in total. The maximum absolute atomic E-state index is 8.99. The quantitative estimate of drug-likeness (QED) is 0.797. The van der Waals surface area contributed by atoms with Crippen molar-refractivity contribution in [1.29, 1.82) is 15.8 Å². The SMILES string of the molecule is N#CC(C#N)=C(C#N)Nc1cccc(C2=NCCN2)c1. The minimum Gasteiger partial charge on any atom is -0.368 e. The summed E-state index contributed by atoms with van der Waals surface area (Å²) in [5, 5.41) is 32.5. The zero-order valence-electron chi connectivity index (χ0n) is 10.5. The van der Waals surface area contributed by atoms with Crippen molar-refractivity contribution in [2.75, 3.05) is 18.4 Å². The first-order chi connectivity index (χ1) is 9.78. The van der Waals surface area contributed by atoms with Crippen molar-refractivity contribution in [2.45, 2.75) is 0 Å². The van der Waals surface area contributed by atoms with Gasteiger partial charge in [0.25, 0.3) is 0 Å². The fourth-order valence-corrected chi connectivity index (χ4v) is 1.76.